The number of hydrogen-bond donors (Lipinski definition) is 2. The van der Waals surface area contributed by atoms with Crippen LogP contribution in [0.1, 0.15) is 25.8 Å². The highest BCUT2D eigenvalue weighted by Gasteiger charge is 2.13. The third-order valence-corrected chi connectivity index (χ3v) is 2.42. The summed E-state index contributed by atoms with van der Waals surface area (Å²) in [6.07, 6.45) is 0.605. The molecule has 0 heterocycles. The van der Waals surface area contributed by atoms with Gasteiger partial charge in [-0.15, -0.1) is 0 Å². The van der Waals surface area contributed by atoms with Gasteiger partial charge in [0, 0.05) is 18.2 Å². The maximum atomic E-state index is 10.8. The van der Waals surface area contributed by atoms with E-state index in [0.717, 1.165) is 0 Å². The summed E-state index contributed by atoms with van der Waals surface area (Å²) in [5.74, 6) is 0. The van der Waals surface area contributed by atoms with E-state index in [1.165, 1.54) is 6.07 Å². The van der Waals surface area contributed by atoms with Gasteiger partial charge in [0.15, 0.2) is 0 Å². The van der Waals surface area contributed by atoms with Gasteiger partial charge in [-0.25, -0.2) is 0 Å². The van der Waals surface area contributed by atoms with Crippen molar-refractivity contribution in [3.63, 3.8) is 0 Å². The van der Waals surface area contributed by atoms with Crippen LogP contribution in [0.4, 0.5) is 5.69 Å². The van der Waals surface area contributed by atoms with Crippen LogP contribution < -0.4 is 5.32 Å². The molecular formula is C12H18N2O3. The van der Waals surface area contributed by atoms with E-state index in [0.29, 0.717) is 25.1 Å². The molecule has 5 nitrogen and oxygen atoms in total. The van der Waals surface area contributed by atoms with E-state index < -0.39 is 5.60 Å². The molecule has 0 saturated heterocycles. The lowest BCUT2D eigenvalue weighted by atomic mass is 10.1. The number of para-hydroxylation sites is 1. The molecule has 0 amide bonds. The quantitative estimate of drug-likeness (QED) is 0.450. The van der Waals surface area contributed by atoms with Gasteiger partial charge in [-0.1, -0.05) is 18.2 Å². The summed E-state index contributed by atoms with van der Waals surface area (Å²) in [4.78, 5) is 10.4. The fourth-order valence-corrected chi connectivity index (χ4v) is 1.46. The van der Waals surface area contributed by atoms with Crippen LogP contribution in [0, 0.1) is 10.1 Å². The molecule has 0 bridgehead atoms. The van der Waals surface area contributed by atoms with E-state index in [2.05, 4.69) is 5.32 Å². The van der Waals surface area contributed by atoms with Crippen LogP contribution in [-0.4, -0.2) is 22.2 Å². The second-order valence-corrected chi connectivity index (χ2v) is 4.63. The maximum Gasteiger partial charge on any atom is 0.273 e. The van der Waals surface area contributed by atoms with Crippen LogP contribution in [0.3, 0.4) is 0 Å². The van der Waals surface area contributed by atoms with E-state index in [9.17, 15) is 15.2 Å². The zero-order chi connectivity index (χ0) is 12.9. The van der Waals surface area contributed by atoms with Crippen molar-refractivity contribution < 1.29 is 10.0 Å². The van der Waals surface area contributed by atoms with Crippen LogP contribution in [0.25, 0.3) is 0 Å². The highest BCUT2D eigenvalue weighted by atomic mass is 16.6. The third kappa shape index (κ3) is 4.93. The van der Waals surface area contributed by atoms with Crippen molar-refractivity contribution in [1.82, 2.24) is 5.32 Å². The zero-order valence-corrected chi connectivity index (χ0v) is 10.1. The molecule has 17 heavy (non-hydrogen) atoms. The Balaban J connectivity index is 2.49. The Morgan fingerprint density at radius 3 is 2.65 bits per heavy atom. The molecule has 0 aliphatic carbocycles. The van der Waals surface area contributed by atoms with Gasteiger partial charge in [0.05, 0.1) is 10.5 Å². The minimum absolute atomic E-state index is 0.128. The second-order valence-electron chi connectivity index (χ2n) is 4.63. The van der Waals surface area contributed by atoms with Crippen molar-refractivity contribution in [2.75, 3.05) is 6.54 Å². The van der Waals surface area contributed by atoms with E-state index in [1.807, 2.05) is 0 Å². The number of nitrogens with zero attached hydrogens (tertiary/aromatic N) is 1. The summed E-state index contributed by atoms with van der Waals surface area (Å²) < 4.78 is 0. The monoisotopic (exact) mass is 238 g/mol. The third-order valence-electron chi connectivity index (χ3n) is 2.42. The first-order valence-corrected chi connectivity index (χ1v) is 5.55. The Bertz CT molecular complexity index is 386. The van der Waals surface area contributed by atoms with Crippen molar-refractivity contribution in [2.24, 2.45) is 0 Å². The first-order chi connectivity index (χ1) is 7.90. The lowest BCUT2D eigenvalue weighted by molar-refractivity contribution is -0.385. The summed E-state index contributed by atoms with van der Waals surface area (Å²) >= 11 is 0. The van der Waals surface area contributed by atoms with E-state index >= 15 is 0 Å². The number of nitrogens with one attached hydrogen (secondary N) is 1. The summed E-state index contributed by atoms with van der Waals surface area (Å²) in [6, 6.07) is 6.65. The lowest BCUT2D eigenvalue weighted by Gasteiger charge is -2.16. The molecule has 0 radical (unpaired) electrons. The van der Waals surface area contributed by atoms with Crippen molar-refractivity contribution >= 4 is 5.69 Å². The first-order valence-electron chi connectivity index (χ1n) is 5.55. The van der Waals surface area contributed by atoms with Gasteiger partial charge in [-0.3, -0.25) is 10.1 Å². The van der Waals surface area contributed by atoms with E-state index in [-0.39, 0.29) is 10.6 Å². The molecule has 5 heteroatoms. The van der Waals surface area contributed by atoms with E-state index in [1.54, 1.807) is 32.0 Å². The van der Waals surface area contributed by atoms with Crippen molar-refractivity contribution in [1.29, 1.82) is 0 Å². The van der Waals surface area contributed by atoms with Gasteiger partial charge in [-0.2, -0.15) is 0 Å². The highest BCUT2D eigenvalue weighted by molar-refractivity contribution is 5.39. The average molecular weight is 238 g/mol. The zero-order valence-electron chi connectivity index (χ0n) is 10.1. The van der Waals surface area contributed by atoms with E-state index in [4.69, 9.17) is 0 Å². The molecule has 1 rings (SSSR count). The summed E-state index contributed by atoms with van der Waals surface area (Å²) in [6.45, 7) is 4.53. The normalized spacial score (nSPS) is 11.5. The molecular weight excluding hydrogens is 220 g/mol. The molecule has 1 aromatic rings. The molecule has 0 aliphatic rings. The Morgan fingerprint density at radius 2 is 2.06 bits per heavy atom. The van der Waals surface area contributed by atoms with Crippen LogP contribution in [0.2, 0.25) is 0 Å². The Hall–Kier alpha value is -1.46. The fourth-order valence-electron chi connectivity index (χ4n) is 1.46. The largest absolute Gasteiger partial charge is 0.390 e. The van der Waals surface area contributed by atoms with Crippen LogP contribution in [0.15, 0.2) is 24.3 Å². The molecule has 2 N–H and O–H groups in total. The number of hydrogen-bond acceptors (Lipinski definition) is 4. The van der Waals surface area contributed by atoms with Crippen LogP contribution >= 0.6 is 0 Å². The van der Waals surface area contributed by atoms with Gasteiger partial charge in [0.2, 0.25) is 0 Å². The fraction of sp³-hybridized carbons (Fsp3) is 0.500. The molecule has 0 aliphatic heterocycles. The minimum atomic E-state index is -0.713. The van der Waals surface area contributed by atoms with Crippen molar-refractivity contribution in [3.8, 4) is 0 Å². The minimum Gasteiger partial charge on any atom is -0.390 e. The number of benzene rings is 1. The smallest absolute Gasteiger partial charge is 0.273 e. The Kier molecular flexibility index (Phi) is 4.60. The van der Waals surface area contributed by atoms with Gasteiger partial charge >= 0.3 is 0 Å². The van der Waals surface area contributed by atoms with Crippen LogP contribution in [-0.2, 0) is 6.54 Å². The molecule has 0 atom stereocenters. The van der Waals surface area contributed by atoms with Crippen molar-refractivity contribution in [2.45, 2.75) is 32.4 Å². The standard InChI is InChI=1S/C12H18N2O3/c1-12(2,15)7-8-13-9-10-5-3-4-6-11(10)14(16)17/h3-6,13,15H,7-9H2,1-2H3. The molecule has 1 aromatic carbocycles. The number of aliphatic hydroxyl groups is 1. The number of rotatable bonds is 6. The predicted molar refractivity (Wildman–Crippen MR) is 65.7 cm³/mol. The van der Waals surface area contributed by atoms with Gasteiger partial charge in [0.25, 0.3) is 5.69 Å². The summed E-state index contributed by atoms with van der Waals surface area (Å²) in [7, 11) is 0. The Labute approximate surface area is 101 Å². The van der Waals surface area contributed by atoms with Gasteiger partial charge in [-0.05, 0) is 26.8 Å². The molecule has 0 saturated carbocycles. The number of nitro groups is 1. The van der Waals surface area contributed by atoms with Crippen molar-refractivity contribution in [3.05, 3.63) is 39.9 Å². The molecule has 0 unspecified atom stereocenters. The SMILES string of the molecule is CC(C)(O)CCNCc1ccccc1[N+](=O)[O-]. The highest BCUT2D eigenvalue weighted by Crippen LogP contribution is 2.17. The first kappa shape index (κ1) is 13.6. The maximum absolute atomic E-state index is 10.8. The average Bonchev–Trinajstić information content (AvgIpc) is 2.23. The molecule has 0 aromatic heterocycles. The van der Waals surface area contributed by atoms with Gasteiger partial charge < -0.3 is 10.4 Å². The van der Waals surface area contributed by atoms with Crippen LogP contribution in [0.5, 0.6) is 0 Å². The second kappa shape index (κ2) is 5.75. The lowest BCUT2D eigenvalue weighted by Crippen LogP contribution is -2.26. The predicted octanol–water partition coefficient (Wildman–Crippen LogP) is 1.85. The Morgan fingerprint density at radius 1 is 1.41 bits per heavy atom. The molecule has 94 valence electrons. The van der Waals surface area contributed by atoms with Gasteiger partial charge in [0.1, 0.15) is 0 Å². The molecule has 0 fully saturated rings. The number of nitro benzene ring substituents is 1. The summed E-state index contributed by atoms with van der Waals surface area (Å²) in [5, 5.41) is 23.3. The topological polar surface area (TPSA) is 75.4 Å². The molecule has 0 spiro atoms. The summed E-state index contributed by atoms with van der Waals surface area (Å²) in [5.41, 5.74) is 0.0758.